The molecule has 98 valence electrons. The van der Waals surface area contributed by atoms with Crippen LogP contribution >= 0.6 is 0 Å². The highest BCUT2D eigenvalue weighted by Crippen LogP contribution is 2.29. The Hall–Kier alpha value is -2.29. The number of rotatable bonds is 0. The Bertz CT molecular complexity index is 784. The van der Waals surface area contributed by atoms with E-state index < -0.39 is 26.6 Å². The summed E-state index contributed by atoms with van der Waals surface area (Å²) in [6.45, 7) is 0. The highest BCUT2D eigenvalue weighted by molar-refractivity contribution is 7.90. The molecular weight excluding hydrogens is 278 g/mol. The fraction of sp³-hybridized carbons (Fsp3) is 0. The smallest absolute Gasteiger partial charge is 0.287 e. The van der Waals surface area contributed by atoms with E-state index in [9.17, 15) is 17.2 Å². The fourth-order valence-electron chi connectivity index (χ4n) is 1.64. The molecule has 0 atom stereocenters. The number of anilines is 1. The highest BCUT2D eigenvalue weighted by Gasteiger charge is 2.27. The van der Waals surface area contributed by atoms with Crippen LogP contribution in [-0.4, -0.2) is 23.9 Å². The van der Waals surface area contributed by atoms with Crippen molar-refractivity contribution in [1.29, 1.82) is 0 Å². The average molecular weight is 284 g/mol. The first-order valence-electron chi connectivity index (χ1n) is 5.07. The van der Waals surface area contributed by atoms with Crippen molar-refractivity contribution in [2.75, 3.05) is 5.32 Å². The molecule has 2 aromatic rings. The van der Waals surface area contributed by atoms with Crippen LogP contribution in [0, 0.1) is 11.6 Å². The van der Waals surface area contributed by atoms with Gasteiger partial charge in [0.1, 0.15) is 11.2 Å². The normalized spacial score (nSPS) is 16.4. The van der Waals surface area contributed by atoms with Crippen LogP contribution in [0.2, 0.25) is 0 Å². The summed E-state index contributed by atoms with van der Waals surface area (Å²) in [7, 11) is -4.09. The number of benzene rings is 1. The van der Waals surface area contributed by atoms with Gasteiger partial charge in [-0.1, -0.05) is 0 Å². The third-order valence-electron chi connectivity index (χ3n) is 2.50. The number of hydrogen-bond acceptors (Lipinski definition) is 4. The maximum Gasteiger partial charge on any atom is 0.287 e. The van der Waals surface area contributed by atoms with Crippen molar-refractivity contribution in [2.45, 2.75) is 4.90 Å². The summed E-state index contributed by atoms with van der Waals surface area (Å²) in [5.74, 6) is -2.45. The summed E-state index contributed by atoms with van der Waals surface area (Å²) < 4.78 is 54.8. The molecule has 0 radical (unpaired) electrons. The topological polar surface area (TPSA) is 76.3 Å². The molecule has 1 aromatic carbocycles. The molecule has 9 heteroatoms. The van der Waals surface area contributed by atoms with Gasteiger partial charge in [-0.15, -0.1) is 4.40 Å². The molecule has 1 aliphatic rings. The minimum Gasteiger partial charge on any atom is -0.323 e. The number of fused-ring (bicyclic) bond motifs is 1. The fourth-order valence-corrected chi connectivity index (χ4v) is 2.75. The molecular formula is C10H6F2N4O2S. The van der Waals surface area contributed by atoms with Gasteiger partial charge in [-0.3, -0.25) is 4.57 Å². The predicted molar refractivity (Wildman–Crippen MR) is 62.2 cm³/mol. The lowest BCUT2D eigenvalue weighted by atomic mass is 10.3. The van der Waals surface area contributed by atoms with E-state index in [1.54, 1.807) is 0 Å². The lowest BCUT2D eigenvalue weighted by Gasteiger charge is -2.18. The lowest BCUT2D eigenvalue weighted by molar-refractivity contribution is 0.505. The van der Waals surface area contributed by atoms with E-state index in [-0.39, 0.29) is 11.6 Å². The molecule has 0 aliphatic carbocycles. The minimum atomic E-state index is -4.09. The van der Waals surface area contributed by atoms with E-state index in [1.807, 2.05) is 0 Å². The molecule has 0 bridgehead atoms. The first-order chi connectivity index (χ1) is 8.97. The Balaban J connectivity index is 2.20. The maximum atomic E-state index is 13.2. The van der Waals surface area contributed by atoms with Crippen molar-refractivity contribution in [1.82, 2.24) is 9.55 Å². The number of aromatic nitrogens is 2. The Morgan fingerprint density at radius 2 is 1.95 bits per heavy atom. The van der Waals surface area contributed by atoms with Crippen molar-refractivity contribution in [2.24, 2.45) is 4.40 Å². The average Bonchev–Trinajstić information content (AvgIpc) is 2.84. The predicted octanol–water partition coefficient (Wildman–Crippen LogP) is 1.18. The molecule has 3 rings (SSSR count). The number of sulfonamides is 1. The van der Waals surface area contributed by atoms with E-state index >= 15 is 0 Å². The van der Waals surface area contributed by atoms with Crippen LogP contribution in [0.1, 0.15) is 0 Å². The molecule has 0 saturated carbocycles. The third-order valence-corrected chi connectivity index (χ3v) is 3.81. The summed E-state index contributed by atoms with van der Waals surface area (Å²) in [5, 5.41) is 2.61. The van der Waals surface area contributed by atoms with Crippen LogP contribution in [0.5, 0.6) is 0 Å². The lowest BCUT2D eigenvalue weighted by Crippen LogP contribution is -2.27. The van der Waals surface area contributed by atoms with Crippen molar-refractivity contribution in [3.05, 3.63) is 42.5 Å². The standard InChI is InChI=1S/C10H6F2N4O2S/c11-6-3-8-9(4-7(6)12)19(17,18)15-10(14-8)16-2-1-13-5-16/h1-5H,(H,14,15). The van der Waals surface area contributed by atoms with Gasteiger partial charge in [-0.05, 0) is 6.07 Å². The zero-order valence-corrected chi connectivity index (χ0v) is 10.0. The van der Waals surface area contributed by atoms with E-state index in [0.717, 1.165) is 6.07 Å². The van der Waals surface area contributed by atoms with E-state index in [1.165, 1.54) is 23.3 Å². The Morgan fingerprint density at radius 1 is 1.21 bits per heavy atom. The Kier molecular flexibility index (Phi) is 2.39. The van der Waals surface area contributed by atoms with Gasteiger partial charge in [0.15, 0.2) is 11.6 Å². The van der Waals surface area contributed by atoms with Gasteiger partial charge in [-0.25, -0.2) is 13.8 Å². The SMILES string of the molecule is O=S1(=O)N=C(n2ccnc2)Nc2cc(F)c(F)cc21. The number of hydrogen-bond donors (Lipinski definition) is 1. The second-order valence-electron chi connectivity index (χ2n) is 3.75. The van der Waals surface area contributed by atoms with Crippen LogP contribution in [0.4, 0.5) is 14.5 Å². The zero-order chi connectivity index (χ0) is 13.6. The number of halogens is 2. The molecule has 19 heavy (non-hydrogen) atoms. The third kappa shape index (κ3) is 1.87. The van der Waals surface area contributed by atoms with Gasteiger partial charge < -0.3 is 5.32 Å². The Labute approximate surface area is 106 Å². The van der Waals surface area contributed by atoms with Gasteiger partial charge in [0.25, 0.3) is 10.0 Å². The van der Waals surface area contributed by atoms with Gasteiger partial charge in [0.2, 0.25) is 5.96 Å². The van der Waals surface area contributed by atoms with Crippen LogP contribution in [0.3, 0.4) is 0 Å². The van der Waals surface area contributed by atoms with Gasteiger partial charge >= 0.3 is 0 Å². The van der Waals surface area contributed by atoms with Crippen LogP contribution in [0.25, 0.3) is 0 Å². The molecule has 0 unspecified atom stereocenters. The summed E-state index contributed by atoms with van der Waals surface area (Å²) in [6.07, 6.45) is 4.22. The van der Waals surface area contributed by atoms with Gasteiger partial charge in [-0.2, -0.15) is 8.42 Å². The largest absolute Gasteiger partial charge is 0.323 e. The van der Waals surface area contributed by atoms with Gasteiger partial charge in [0.05, 0.1) is 5.69 Å². The van der Waals surface area contributed by atoms with Crippen LogP contribution in [0.15, 0.2) is 40.1 Å². The highest BCUT2D eigenvalue weighted by atomic mass is 32.2. The summed E-state index contributed by atoms with van der Waals surface area (Å²) in [6, 6.07) is 1.37. The second kappa shape index (κ2) is 3.85. The molecule has 0 spiro atoms. The molecule has 0 saturated heterocycles. The summed E-state index contributed by atoms with van der Waals surface area (Å²) in [5.41, 5.74) is -0.0717. The van der Waals surface area contributed by atoms with Crippen molar-refractivity contribution < 1.29 is 17.2 Å². The maximum absolute atomic E-state index is 13.2. The molecule has 6 nitrogen and oxygen atoms in total. The quantitative estimate of drug-likeness (QED) is 0.788. The van der Waals surface area contributed by atoms with Crippen LogP contribution in [-0.2, 0) is 10.0 Å². The molecule has 1 aliphatic heterocycles. The number of nitrogens with zero attached hydrogens (tertiary/aromatic N) is 3. The minimum absolute atomic E-state index is 0.0593. The first kappa shape index (κ1) is 11.8. The molecule has 0 fully saturated rings. The van der Waals surface area contributed by atoms with Crippen molar-refractivity contribution in [3.8, 4) is 0 Å². The van der Waals surface area contributed by atoms with E-state index in [0.29, 0.717) is 6.07 Å². The zero-order valence-electron chi connectivity index (χ0n) is 9.21. The molecule has 1 N–H and O–H groups in total. The first-order valence-corrected chi connectivity index (χ1v) is 6.51. The van der Waals surface area contributed by atoms with Gasteiger partial charge in [0, 0.05) is 18.5 Å². The van der Waals surface area contributed by atoms with Crippen molar-refractivity contribution >= 4 is 21.7 Å². The number of imidazole rings is 1. The molecule has 1 aromatic heterocycles. The second-order valence-corrected chi connectivity index (χ2v) is 5.32. The van der Waals surface area contributed by atoms with Crippen molar-refractivity contribution in [3.63, 3.8) is 0 Å². The number of nitrogens with one attached hydrogen (secondary N) is 1. The van der Waals surface area contributed by atoms with E-state index in [4.69, 9.17) is 0 Å². The summed E-state index contributed by atoms with van der Waals surface area (Å²) in [4.78, 5) is 3.34. The molecule has 2 heterocycles. The van der Waals surface area contributed by atoms with E-state index in [2.05, 4.69) is 14.7 Å². The monoisotopic (exact) mass is 284 g/mol. The van der Waals surface area contributed by atoms with Crippen LogP contribution < -0.4 is 5.32 Å². The summed E-state index contributed by atoms with van der Waals surface area (Å²) >= 11 is 0. The Morgan fingerprint density at radius 3 is 2.63 bits per heavy atom. The molecule has 0 amide bonds.